The van der Waals surface area contributed by atoms with Crippen LogP contribution in [0.1, 0.15) is 39.0 Å². The van der Waals surface area contributed by atoms with Crippen molar-refractivity contribution < 1.29 is 18.0 Å². The lowest BCUT2D eigenvalue weighted by atomic mass is 9.94. The molecule has 0 aromatic carbocycles. The van der Waals surface area contributed by atoms with E-state index in [1.807, 2.05) is 5.32 Å². The topological polar surface area (TPSA) is 32.3 Å². The molecule has 0 saturated heterocycles. The Morgan fingerprint density at radius 3 is 2.35 bits per heavy atom. The van der Waals surface area contributed by atoms with E-state index in [1.165, 1.54) is 4.90 Å². The Morgan fingerprint density at radius 2 is 1.88 bits per heavy atom. The molecule has 1 saturated carbocycles. The summed E-state index contributed by atoms with van der Waals surface area (Å²) in [5.74, 6) is 0. The third-order valence-electron chi connectivity index (χ3n) is 3.06. The van der Waals surface area contributed by atoms with Gasteiger partial charge in [0.1, 0.15) is 6.54 Å². The van der Waals surface area contributed by atoms with Crippen LogP contribution >= 0.6 is 0 Å². The molecule has 17 heavy (non-hydrogen) atoms. The smallest absolute Gasteiger partial charge is 0.329 e. The number of carbonyl (C=O) groups is 1. The first kappa shape index (κ1) is 14.1. The summed E-state index contributed by atoms with van der Waals surface area (Å²) < 4.78 is 36.0. The molecule has 6 heteroatoms. The molecule has 1 N–H and O–H groups in total. The van der Waals surface area contributed by atoms with E-state index in [1.54, 1.807) is 6.92 Å². The van der Waals surface area contributed by atoms with Gasteiger partial charge in [-0.05, 0) is 19.8 Å². The van der Waals surface area contributed by atoms with Gasteiger partial charge in [-0.1, -0.05) is 19.3 Å². The van der Waals surface area contributed by atoms with Crippen LogP contribution in [0.5, 0.6) is 0 Å². The largest absolute Gasteiger partial charge is 0.405 e. The highest BCUT2D eigenvalue weighted by atomic mass is 19.4. The lowest BCUT2D eigenvalue weighted by Gasteiger charge is -2.33. The molecule has 1 fully saturated rings. The molecule has 0 heterocycles. The van der Waals surface area contributed by atoms with Gasteiger partial charge in [-0.2, -0.15) is 13.2 Å². The Bertz CT molecular complexity index is 250. The van der Waals surface area contributed by atoms with E-state index in [-0.39, 0.29) is 6.04 Å². The number of alkyl halides is 3. The summed E-state index contributed by atoms with van der Waals surface area (Å²) in [5, 5.41) is 1.93. The van der Waals surface area contributed by atoms with Crippen LogP contribution in [-0.2, 0) is 0 Å². The summed E-state index contributed by atoms with van der Waals surface area (Å²) in [6.45, 7) is 0.991. The molecule has 1 rings (SSSR count). The number of hydrogen-bond donors (Lipinski definition) is 1. The van der Waals surface area contributed by atoms with Crippen LogP contribution in [0.3, 0.4) is 0 Å². The van der Waals surface area contributed by atoms with Crippen molar-refractivity contribution in [1.82, 2.24) is 10.2 Å². The number of halogens is 3. The zero-order chi connectivity index (χ0) is 12.9. The van der Waals surface area contributed by atoms with Gasteiger partial charge in [0.15, 0.2) is 0 Å². The van der Waals surface area contributed by atoms with E-state index < -0.39 is 18.8 Å². The van der Waals surface area contributed by atoms with Gasteiger partial charge in [0.05, 0.1) is 0 Å². The van der Waals surface area contributed by atoms with Crippen LogP contribution in [0.2, 0.25) is 0 Å². The van der Waals surface area contributed by atoms with Crippen LogP contribution in [-0.4, -0.2) is 36.2 Å². The molecule has 0 unspecified atom stereocenters. The molecule has 100 valence electrons. The maximum Gasteiger partial charge on any atom is 0.405 e. The average Bonchev–Trinajstić information content (AvgIpc) is 2.28. The fourth-order valence-corrected chi connectivity index (χ4v) is 2.24. The fourth-order valence-electron chi connectivity index (χ4n) is 2.24. The van der Waals surface area contributed by atoms with Crippen LogP contribution in [0, 0.1) is 0 Å². The van der Waals surface area contributed by atoms with E-state index in [0.717, 1.165) is 32.1 Å². The van der Waals surface area contributed by atoms with Crippen LogP contribution in [0.4, 0.5) is 18.0 Å². The monoisotopic (exact) mass is 252 g/mol. The Hall–Kier alpha value is -0.940. The standard InChI is InChI=1S/C11H19F3N2O/c1-2-16(9-6-4-3-5-7-9)10(17)15-8-11(12,13)14/h9H,2-8H2,1H3,(H,15,17). The molecule has 0 bridgehead atoms. The molecular weight excluding hydrogens is 233 g/mol. The van der Waals surface area contributed by atoms with Crippen molar-refractivity contribution in [2.45, 2.75) is 51.2 Å². The minimum absolute atomic E-state index is 0.0991. The maximum absolute atomic E-state index is 12.0. The molecule has 0 atom stereocenters. The Balaban J connectivity index is 2.45. The van der Waals surface area contributed by atoms with Crippen molar-refractivity contribution in [1.29, 1.82) is 0 Å². The first-order valence-corrected chi connectivity index (χ1v) is 6.05. The molecule has 0 aliphatic heterocycles. The quantitative estimate of drug-likeness (QED) is 0.823. The van der Waals surface area contributed by atoms with Crippen molar-refractivity contribution in [3.63, 3.8) is 0 Å². The molecule has 0 aromatic heterocycles. The first-order chi connectivity index (χ1) is 7.94. The van der Waals surface area contributed by atoms with Crippen molar-refractivity contribution in [3.05, 3.63) is 0 Å². The second-order valence-corrected chi connectivity index (χ2v) is 4.35. The minimum Gasteiger partial charge on any atom is -0.329 e. The predicted molar refractivity (Wildman–Crippen MR) is 58.7 cm³/mol. The van der Waals surface area contributed by atoms with E-state index >= 15 is 0 Å². The minimum atomic E-state index is -4.35. The number of nitrogens with zero attached hydrogens (tertiary/aromatic N) is 1. The predicted octanol–water partition coefficient (Wildman–Crippen LogP) is 2.91. The lowest BCUT2D eigenvalue weighted by molar-refractivity contribution is -0.123. The molecule has 0 spiro atoms. The molecular formula is C11H19F3N2O. The molecule has 0 radical (unpaired) electrons. The number of hydrogen-bond acceptors (Lipinski definition) is 1. The number of rotatable bonds is 3. The SMILES string of the molecule is CCN(C(=O)NCC(F)(F)F)C1CCCCC1. The summed E-state index contributed by atoms with van der Waals surface area (Å²) in [4.78, 5) is 13.2. The van der Waals surface area contributed by atoms with E-state index in [4.69, 9.17) is 0 Å². The lowest BCUT2D eigenvalue weighted by Crippen LogP contribution is -2.48. The van der Waals surface area contributed by atoms with Gasteiger partial charge in [0.25, 0.3) is 0 Å². The van der Waals surface area contributed by atoms with Crippen molar-refractivity contribution in [2.75, 3.05) is 13.1 Å². The van der Waals surface area contributed by atoms with E-state index in [2.05, 4.69) is 0 Å². The van der Waals surface area contributed by atoms with Gasteiger partial charge in [0, 0.05) is 12.6 Å². The normalized spacial score (nSPS) is 17.9. The highest BCUT2D eigenvalue weighted by Gasteiger charge is 2.30. The molecule has 0 aromatic rings. The second kappa shape index (κ2) is 6.12. The summed E-state index contributed by atoms with van der Waals surface area (Å²) in [6, 6.07) is -0.501. The zero-order valence-electron chi connectivity index (χ0n) is 10.0. The van der Waals surface area contributed by atoms with Crippen LogP contribution < -0.4 is 5.32 Å². The summed E-state index contributed by atoms with van der Waals surface area (Å²) >= 11 is 0. The first-order valence-electron chi connectivity index (χ1n) is 6.05. The van der Waals surface area contributed by atoms with Crippen LogP contribution in [0.15, 0.2) is 0 Å². The Morgan fingerprint density at radius 1 is 1.29 bits per heavy atom. The van der Waals surface area contributed by atoms with Gasteiger partial charge in [-0.3, -0.25) is 0 Å². The van der Waals surface area contributed by atoms with Crippen molar-refractivity contribution >= 4 is 6.03 Å². The second-order valence-electron chi connectivity index (χ2n) is 4.35. The third-order valence-corrected chi connectivity index (χ3v) is 3.06. The van der Waals surface area contributed by atoms with Crippen LogP contribution in [0.25, 0.3) is 0 Å². The maximum atomic E-state index is 12.0. The van der Waals surface area contributed by atoms with Gasteiger partial charge in [-0.25, -0.2) is 4.79 Å². The van der Waals surface area contributed by atoms with Crippen molar-refractivity contribution in [3.8, 4) is 0 Å². The Kier molecular flexibility index (Phi) is 5.08. The van der Waals surface area contributed by atoms with Gasteiger partial charge >= 0.3 is 12.2 Å². The summed E-state index contributed by atoms with van der Waals surface area (Å²) in [6.07, 6.45) is 0.696. The molecule has 2 amide bonds. The molecule has 1 aliphatic carbocycles. The van der Waals surface area contributed by atoms with Gasteiger partial charge in [-0.15, -0.1) is 0 Å². The highest BCUT2D eigenvalue weighted by Crippen LogP contribution is 2.22. The van der Waals surface area contributed by atoms with Gasteiger partial charge in [0.2, 0.25) is 0 Å². The van der Waals surface area contributed by atoms with E-state index in [9.17, 15) is 18.0 Å². The number of carbonyl (C=O) groups excluding carboxylic acids is 1. The van der Waals surface area contributed by atoms with Crippen molar-refractivity contribution in [2.24, 2.45) is 0 Å². The zero-order valence-corrected chi connectivity index (χ0v) is 10.0. The number of amides is 2. The number of urea groups is 1. The molecule has 3 nitrogen and oxygen atoms in total. The van der Waals surface area contributed by atoms with E-state index in [0.29, 0.717) is 6.54 Å². The van der Waals surface area contributed by atoms with Gasteiger partial charge < -0.3 is 10.2 Å². The Labute approximate surface area is 99.4 Å². The highest BCUT2D eigenvalue weighted by molar-refractivity contribution is 5.74. The number of nitrogens with one attached hydrogen (secondary N) is 1. The third kappa shape index (κ3) is 4.83. The summed E-state index contributed by atoms with van der Waals surface area (Å²) in [7, 11) is 0. The summed E-state index contributed by atoms with van der Waals surface area (Å²) in [5.41, 5.74) is 0. The average molecular weight is 252 g/mol. The molecule has 1 aliphatic rings. The fraction of sp³-hybridized carbons (Fsp3) is 0.909.